The molecule has 0 radical (unpaired) electrons. The van der Waals surface area contributed by atoms with E-state index in [1.165, 1.54) is 7.05 Å². The Morgan fingerprint density at radius 2 is 2.11 bits per heavy atom. The van der Waals surface area contributed by atoms with Gasteiger partial charge in [0.2, 0.25) is 5.95 Å². The van der Waals surface area contributed by atoms with Gasteiger partial charge in [0, 0.05) is 25.0 Å². The second-order valence-electron chi connectivity index (χ2n) is 3.57. The number of aromatic nitrogens is 2. The summed E-state index contributed by atoms with van der Waals surface area (Å²) < 4.78 is 37.8. The fraction of sp³-hybridized carbons (Fsp3) is 0.300. The van der Waals surface area contributed by atoms with Crippen LogP contribution in [0.1, 0.15) is 12.5 Å². The molecule has 9 heteroatoms. The molecule has 5 N–H and O–H groups in total. The Morgan fingerprint density at radius 3 is 2.58 bits per heavy atom. The summed E-state index contributed by atoms with van der Waals surface area (Å²) in [5, 5.41) is 11.9. The number of nitrogens with zero attached hydrogens (tertiary/aromatic N) is 2. The molecule has 1 aromatic heterocycles. The number of anilines is 2. The second-order valence-corrected chi connectivity index (χ2v) is 3.57. The monoisotopic (exact) mass is 274 g/mol. The van der Waals surface area contributed by atoms with Gasteiger partial charge in [0.1, 0.15) is 17.2 Å². The molecule has 1 heterocycles. The van der Waals surface area contributed by atoms with Crippen molar-refractivity contribution in [1.29, 1.82) is 5.41 Å². The van der Waals surface area contributed by atoms with E-state index in [1.807, 2.05) is 0 Å². The van der Waals surface area contributed by atoms with Crippen molar-refractivity contribution in [2.75, 3.05) is 17.7 Å². The summed E-state index contributed by atoms with van der Waals surface area (Å²) in [5.41, 5.74) is 5.02. The Labute approximate surface area is 107 Å². The van der Waals surface area contributed by atoms with Crippen LogP contribution in [0, 0.1) is 5.41 Å². The lowest BCUT2D eigenvalue weighted by atomic mass is 10.3. The van der Waals surface area contributed by atoms with Gasteiger partial charge in [0.25, 0.3) is 0 Å². The predicted octanol–water partition coefficient (Wildman–Crippen LogP) is 1.79. The van der Waals surface area contributed by atoms with Gasteiger partial charge in [0.15, 0.2) is 0 Å². The highest BCUT2D eigenvalue weighted by Gasteiger charge is 2.35. The first-order valence-electron chi connectivity index (χ1n) is 5.15. The molecular weight excluding hydrogens is 261 g/mol. The van der Waals surface area contributed by atoms with Gasteiger partial charge in [-0.3, -0.25) is 0 Å². The van der Waals surface area contributed by atoms with Crippen LogP contribution in [0.2, 0.25) is 0 Å². The van der Waals surface area contributed by atoms with Crippen LogP contribution < -0.4 is 16.4 Å². The Bertz CT molecular complexity index is 508. The Hall–Kier alpha value is -2.32. The molecule has 6 nitrogen and oxygen atoms in total. The van der Waals surface area contributed by atoms with Crippen LogP contribution in [0.4, 0.5) is 24.9 Å². The second kappa shape index (κ2) is 5.55. The van der Waals surface area contributed by atoms with Gasteiger partial charge < -0.3 is 21.8 Å². The van der Waals surface area contributed by atoms with Crippen molar-refractivity contribution in [2.45, 2.75) is 13.1 Å². The van der Waals surface area contributed by atoms with Crippen molar-refractivity contribution in [3.8, 4) is 0 Å². The third-order valence-corrected chi connectivity index (χ3v) is 2.22. The Balaban J connectivity index is 3.11. The van der Waals surface area contributed by atoms with E-state index in [1.54, 1.807) is 6.92 Å². The summed E-state index contributed by atoms with van der Waals surface area (Å²) in [6, 6.07) is 0. The zero-order chi connectivity index (χ0) is 14.6. The SMILES string of the molecule is CNc1nc(N/C(N)=C(\C)C=N)ncc1C(F)(F)F. The van der Waals surface area contributed by atoms with Crippen molar-refractivity contribution < 1.29 is 13.2 Å². The number of nitrogens with two attached hydrogens (primary N) is 1. The summed E-state index contributed by atoms with van der Waals surface area (Å²) >= 11 is 0. The third kappa shape index (κ3) is 3.57. The summed E-state index contributed by atoms with van der Waals surface area (Å²) in [5.74, 6) is -0.349. The third-order valence-electron chi connectivity index (χ3n) is 2.22. The molecular formula is C10H13F3N6. The van der Waals surface area contributed by atoms with Gasteiger partial charge in [0.05, 0.1) is 0 Å². The maximum Gasteiger partial charge on any atom is 0.421 e. The van der Waals surface area contributed by atoms with E-state index in [0.29, 0.717) is 11.8 Å². The van der Waals surface area contributed by atoms with E-state index in [0.717, 1.165) is 6.21 Å². The molecule has 104 valence electrons. The lowest BCUT2D eigenvalue weighted by molar-refractivity contribution is -0.137. The first-order valence-corrected chi connectivity index (χ1v) is 5.15. The van der Waals surface area contributed by atoms with Gasteiger partial charge in [-0.25, -0.2) is 4.98 Å². The standard InChI is InChI=1S/C10H13F3N6/c1-5(3-14)7(15)18-9-17-4-6(10(11,12)13)8(16-2)19-9/h3-4,14H,15H2,1-2H3,(H2,16,17,18,19)/b7-5+,14-3?. The molecule has 19 heavy (non-hydrogen) atoms. The molecule has 0 aromatic carbocycles. The Morgan fingerprint density at radius 1 is 1.47 bits per heavy atom. The highest BCUT2D eigenvalue weighted by molar-refractivity contribution is 5.76. The van der Waals surface area contributed by atoms with E-state index in [4.69, 9.17) is 11.1 Å². The van der Waals surface area contributed by atoms with Crippen LogP contribution >= 0.6 is 0 Å². The van der Waals surface area contributed by atoms with Gasteiger partial charge in [-0.2, -0.15) is 18.2 Å². The topological polar surface area (TPSA) is 99.7 Å². The molecule has 0 saturated carbocycles. The molecule has 0 aliphatic rings. The normalized spacial score (nSPS) is 12.7. The summed E-state index contributed by atoms with van der Waals surface area (Å²) in [6.45, 7) is 1.57. The van der Waals surface area contributed by atoms with Crippen molar-refractivity contribution >= 4 is 18.0 Å². The van der Waals surface area contributed by atoms with E-state index < -0.39 is 11.7 Å². The van der Waals surface area contributed by atoms with E-state index in [-0.39, 0.29) is 17.6 Å². The quantitative estimate of drug-likeness (QED) is 0.627. The predicted molar refractivity (Wildman–Crippen MR) is 65.9 cm³/mol. The fourth-order valence-electron chi connectivity index (χ4n) is 1.14. The molecule has 1 rings (SSSR count). The minimum absolute atomic E-state index is 0.0870. The van der Waals surface area contributed by atoms with Crippen LogP contribution in [0.15, 0.2) is 17.6 Å². The van der Waals surface area contributed by atoms with Crippen LogP contribution in [0.5, 0.6) is 0 Å². The van der Waals surface area contributed by atoms with Gasteiger partial charge in [-0.15, -0.1) is 0 Å². The summed E-state index contributed by atoms with van der Waals surface area (Å²) in [6.07, 6.45) is -2.87. The molecule has 0 spiro atoms. The highest BCUT2D eigenvalue weighted by Crippen LogP contribution is 2.33. The van der Waals surface area contributed by atoms with Gasteiger partial charge in [-0.05, 0) is 6.92 Å². The van der Waals surface area contributed by atoms with Gasteiger partial charge >= 0.3 is 6.18 Å². The zero-order valence-electron chi connectivity index (χ0n) is 10.3. The smallest absolute Gasteiger partial charge is 0.385 e. The average Bonchev–Trinajstić information content (AvgIpc) is 2.36. The average molecular weight is 274 g/mol. The van der Waals surface area contributed by atoms with Crippen LogP contribution in [-0.4, -0.2) is 23.2 Å². The van der Waals surface area contributed by atoms with E-state index in [2.05, 4.69) is 20.6 Å². The van der Waals surface area contributed by atoms with Crippen LogP contribution in [0.25, 0.3) is 0 Å². The minimum atomic E-state index is -4.54. The molecule has 0 bridgehead atoms. The highest BCUT2D eigenvalue weighted by atomic mass is 19.4. The van der Waals surface area contributed by atoms with Crippen molar-refractivity contribution in [1.82, 2.24) is 9.97 Å². The molecule has 0 atom stereocenters. The van der Waals surface area contributed by atoms with Crippen LogP contribution in [0.3, 0.4) is 0 Å². The first kappa shape index (κ1) is 14.7. The first-order chi connectivity index (χ1) is 8.79. The molecule has 0 fully saturated rings. The molecule has 0 aliphatic heterocycles. The Kier molecular flexibility index (Phi) is 4.30. The zero-order valence-corrected chi connectivity index (χ0v) is 10.3. The number of hydrogen-bond donors (Lipinski definition) is 4. The summed E-state index contributed by atoms with van der Waals surface area (Å²) in [7, 11) is 1.32. The number of allylic oxidation sites excluding steroid dienone is 1. The maximum absolute atomic E-state index is 12.6. The molecule has 0 amide bonds. The van der Waals surface area contributed by atoms with Crippen molar-refractivity contribution in [3.05, 3.63) is 23.2 Å². The lowest BCUT2D eigenvalue weighted by Gasteiger charge is -2.13. The molecule has 0 unspecified atom stereocenters. The van der Waals surface area contributed by atoms with E-state index in [9.17, 15) is 13.2 Å². The number of hydrogen-bond acceptors (Lipinski definition) is 6. The minimum Gasteiger partial charge on any atom is -0.385 e. The molecule has 0 saturated heterocycles. The maximum atomic E-state index is 12.6. The number of halogens is 3. The number of nitrogens with one attached hydrogen (secondary N) is 3. The van der Waals surface area contributed by atoms with Gasteiger partial charge in [-0.1, -0.05) is 0 Å². The summed E-state index contributed by atoms with van der Waals surface area (Å²) in [4.78, 5) is 7.21. The van der Waals surface area contributed by atoms with E-state index >= 15 is 0 Å². The molecule has 0 aliphatic carbocycles. The van der Waals surface area contributed by atoms with Crippen molar-refractivity contribution in [3.63, 3.8) is 0 Å². The number of rotatable bonds is 4. The lowest BCUT2D eigenvalue weighted by Crippen LogP contribution is -2.17. The van der Waals surface area contributed by atoms with Crippen molar-refractivity contribution in [2.24, 2.45) is 5.73 Å². The fourth-order valence-corrected chi connectivity index (χ4v) is 1.14. The van der Waals surface area contributed by atoms with Crippen LogP contribution in [-0.2, 0) is 6.18 Å². The largest absolute Gasteiger partial charge is 0.421 e. The molecule has 1 aromatic rings. The number of alkyl halides is 3.